The molecule has 4 N–H and O–H groups in total. The number of benzene rings is 1. The van der Waals surface area contributed by atoms with Gasteiger partial charge in [0.15, 0.2) is 5.96 Å². The summed E-state index contributed by atoms with van der Waals surface area (Å²) in [5.41, 5.74) is 5.59. The van der Waals surface area contributed by atoms with Crippen LogP contribution < -0.4 is 5.73 Å². The zero-order valence-corrected chi connectivity index (χ0v) is 9.51. The number of carbonyl (C=O) groups excluding carboxylic acids is 1. The van der Waals surface area contributed by atoms with E-state index in [-0.39, 0.29) is 18.3 Å². The van der Waals surface area contributed by atoms with Crippen LogP contribution in [-0.4, -0.2) is 42.1 Å². The largest absolute Gasteiger partial charge is 0.508 e. The van der Waals surface area contributed by atoms with Crippen LogP contribution in [0.2, 0.25) is 0 Å². The van der Waals surface area contributed by atoms with E-state index < -0.39 is 5.97 Å². The standard InChI is InChI=1S/C11H15N3O3/c1-14(11(12)13)6-7-17-10(16)8-2-4-9(15)5-3-8/h2-5,15H,6-7H2,1H3,(H3,12,13). The van der Waals surface area contributed by atoms with E-state index in [2.05, 4.69) is 0 Å². The third-order valence-electron chi connectivity index (χ3n) is 2.17. The fourth-order valence-electron chi connectivity index (χ4n) is 1.08. The van der Waals surface area contributed by atoms with Gasteiger partial charge in [-0.05, 0) is 24.3 Å². The molecule has 0 unspecified atom stereocenters. The van der Waals surface area contributed by atoms with E-state index in [1.54, 1.807) is 7.05 Å². The van der Waals surface area contributed by atoms with Crippen LogP contribution in [0.25, 0.3) is 0 Å². The second-order valence-electron chi connectivity index (χ2n) is 3.49. The molecule has 0 aromatic heterocycles. The average Bonchev–Trinajstić information content (AvgIpc) is 2.29. The number of ether oxygens (including phenoxy) is 1. The lowest BCUT2D eigenvalue weighted by Gasteiger charge is -2.16. The number of guanidine groups is 1. The topological polar surface area (TPSA) is 99.6 Å². The van der Waals surface area contributed by atoms with E-state index in [1.807, 2.05) is 0 Å². The minimum atomic E-state index is -0.470. The quantitative estimate of drug-likeness (QED) is 0.399. The minimum absolute atomic E-state index is 0.0781. The Morgan fingerprint density at radius 1 is 1.47 bits per heavy atom. The van der Waals surface area contributed by atoms with Gasteiger partial charge in [-0.15, -0.1) is 0 Å². The number of hydrogen-bond acceptors (Lipinski definition) is 4. The highest BCUT2D eigenvalue weighted by molar-refractivity contribution is 5.89. The highest BCUT2D eigenvalue weighted by atomic mass is 16.5. The van der Waals surface area contributed by atoms with E-state index in [9.17, 15) is 4.79 Å². The third kappa shape index (κ3) is 4.02. The Morgan fingerprint density at radius 3 is 2.59 bits per heavy atom. The summed E-state index contributed by atoms with van der Waals surface area (Å²) in [7, 11) is 1.64. The van der Waals surface area contributed by atoms with Crippen LogP contribution in [-0.2, 0) is 4.74 Å². The molecule has 0 atom stereocenters. The first-order valence-electron chi connectivity index (χ1n) is 5.02. The van der Waals surface area contributed by atoms with Crippen LogP contribution in [0.4, 0.5) is 0 Å². The van der Waals surface area contributed by atoms with Crippen LogP contribution in [0.5, 0.6) is 5.75 Å². The third-order valence-corrected chi connectivity index (χ3v) is 2.17. The second-order valence-corrected chi connectivity index (χ2v) is 3.49. The van der Waals surface area contributed by atoms with Gasteiger partial charge in [0.2, 0.25) is 0 Å². The Bertz CT molecular complexity index is 403. The fraction of sp³-hybridized carbons (Fsp3) is 0.273. The van der Waals surface area contributed by atoms with Gasteiger partial charge in [0.25, 0.3) is 0 Å². The van der Waals surface area contributed by atoms with Crippen molar-refractivity contribution in [3.05, 3.63) is 29.8 Å². The molecule has 0 spiro atoms. The number of likely N-dealkylation sites (N-methyl/N-ethyl adjacent to an activating group) is 1. The number of phenols is 1. The Labute approximate surface area is 99.1 Å². The summed E-state index contributed by atoms with van der Waals surface area (Å²) in [6.45, 7) is 0.509. The normalized spacial score (nSPS) is 9.71. The smallest absolute Gasteiger partial charge is 0.338 e. The first-order chi connectivity index (χ1) is 8.00. The van der Waals surface area contributed by atoms with Gasteiger partial charge < -0.3 is 20.5 Å². The SMILES string of the molecule is CN(CCOC(=O)c1ccc(O)cc1)C(=N)N. The molecule has 0 aliphatic heterocycles. The Kier molecular flexibility index (Phi) is 4.33. The summed E-state index contributed by atoms with van der Waals surface area (Å²) in [4.78, 5) is 13.0. The van der Waals surface area contributed by atoms with Gasteiger partial charge in [-0.25, -0.2) is 4.79 Å². The maximum absolute atomic E-state index is 11.5. The Hall–Kier alpha value is -2.24. The highest BCUT2D eigenvalue weighted by Crippen LogP contribution is 2.10. The molecule has 0 saturated carbocycles. The van der Waals surface area contributed by atoms with Crippen molar-refractivity contribution in [1.82, 2.24) is 4.90 Å². The predicted octanol–water partition coefficient (Wildman–Crippen LogP) is 0.374. The number of nitrogens with two attached hydrogens (primary N) is 1. The van der Waals surface area contributed by atoms with Crippen molar-refractivity contribution in [3.63, 3.8) is 0 Å². The molecular weight excluding hydrogens is 222 g/mol. The predicted molar refractivity (Wildman–Crippen MR) is 62.9 cm³/mol. The van der Waals surface area contributed by atoms with E-state index in [0.29, 0.717) is 12.1 Å². The summed E-state index contributed by atoms with van der Waals surface area (Å²) in [5, 5.41) is 16.2. The molecule has 92 valence electrons. The number of rotatable bonds is 4. The van der Waals surface area contributed by atoms with Gasteiger partial charge in [0.05, 0.1) is 12.1 Å². The molecule has 6 nitrogen and oxygen atoms in total. The molecule has 0 bridgehead atoms. The van der Waals surface area contributed by atoms with Gasteiger partial charge in [0, 0.05) is 7.05 Å². The molecule has 0 aliphatic carbocycles. The number of nitrogens with one attached hydrogen (secondary N) is 1. The molecule has 1 rings (SSSR count). The molecule has 17 heavy (non-hydrogen) atoms. The van der Waals surface area contributed by atoms with Gasteiger partial charge in [-0.2, -0.15) is 0 Å². The summed E-state index contributed by atoms with van der Waals surface area (Å²) in [6, 6.07) is 5.79. The Morgan fingerprint density at radius 2 is 2.06 bits per heavy atom. The number of phenolic OH excluding ortho intramolecular Hbond substituents is 1. The summed E-state index contributed by atoms with van der Waals surface area (Å²) < 4.78 is 4.97. The number of aromatic hydroxyl groups is 1. The molecule has 6 heteroatoms. The fourth-order valence-corrected chi connectivity index (χ4v) is 1.08. The molecule has 1 aromatic rings. The van der Waals surface area contributed by atoms with Crippen molar-refractivity contribution in [2.24, 2.45) is 5.73 Å². The van der Waals surface area contributed by atoms with Crippen LogP contribution in [0.3, 0.4) is 0 Å². The monoisotopic (exact) mass is 237 g/mol. The maximum Gasteiger partial charge on any atom is 0.338 e. The number of hydrogen-bond donors (Lipinski definition) is 3. The van der Waals surface area contributed by atoms with Crippen molar-refractivity contribution >= 4 is 11.9 Å². The lowest BCUT2D eigenvalue weighted by Crippen LogP contribution is -2.35. The summed E-state index contributed by atoms with van der Waals surface area (Å²) in [5.74, 6) is -0.453. The number of carbonyl (C=O) groups is 1. The molecule has 0 amide bonds. The zero-order valence-electron chi connectivity index (χ0n) is 9.51. The van der Waals surface area contributed by atoms with E-state index in [0.717, 1.165) is 0 Å². The number of nitrogens with zero attached hydrogens (tertiary/aromatic N) is 1. The molecule has 0 fully saturated rings. The highest BCUT2D eigenvalue weighted by Gasteiger charge is 2.07. The van der Waals surface area contributed by atoms with Crippen molar-refractivity contribution in [2.75, 3.05) is 20.2 Å². The molecule has 0 saturated heterocycles. The maximum atomic E-state index is 11.5. The summed E-state index contributed by atoms with van der Waals surface area (Å²) in [6.07, 6.45) is 0. The van der Waals surface area contributed by atoms with Crippen LogP contribution in [0.15, 0.2) is 24.3 Å². The number of esters is 1. The molecule has 0 aliphatic rings. The van der Waals surface area contributed by atoms with Gasteiger partial charge in [0.1, 0.15) is 12.4 Å². The van der Waals surface area contributed by atoms with Crippen molar-refractivity contribution < 1.29 is 14.6 Å². The van der Waals surface area contributed by atoms with Crippen LogP contribution >= 0.6 is 0 Å². The summed E-state index contributed by atoms with van der Waals surface area (Å²) >= 11 is 0. The van der Waals surface area contributed by atoms with Crippen molar-refractivity contribution in [1.29, 1.82) is 5.41 Å². The van der Waals surface area contributed by atoms with E-state index in [4.69, 9.17) is 21.0 Å². The second kappa shape index (κ2) is 5.74. The molecule has 1 aromatic carbocycles. The van der Waals surface area contributed by atoms with Gasteiger partial charge in [-0.3, -0.25) is 5.41 Å². The van der Waals surface area contributed by atoms with Crippen LogP contribution in [0, 0.1) is 5.41 Å². The lowest BCUT2D eigenvalue weighted by atomic mass is 10.2. The molecule has 0 radical (unpaired) electrons. The first-order valence-corrected chi connectivity index (χ1v) is 5.02. The van der Waals surface area contributed by atoms with E-state index >= 15 is 0 Å². The first kappa shape index (κ1) is 12.8. The van der Waals surface area contributed by atoms with Gasteiger partial charge >= 0.3 is 5.97 Å². The van der Waals surface area contributed by atoms with E-state index in [1.165, 1.54) is 29.2 Å². The van der Waals surface area contributed by atoms with Gasteiger partial charge in [-0.1, -0.05) is 0 Å². The van der Waals surface area contributed by atoms with Crippen LogP contribution in [0.1, 0.15) is 10.4 Å². The average molecular weight is 237 g/mol. The Balaban J connectivity index is 2.40. The minimum Gasteiger partial charge on any atom is -0.508 e. The van der Waals surface area contributed by atoms with Crippen molar-refractivity contribution in [2.45, 2.75) is 0 Å². The molecule has 0 heterocycles. The lowest BCUT2D eigenvalue weighted by molar-refractivity contribution is 0.0491. The zero-order chi connectivity index (χ0) is 12.8. The molecular formula is C11H15N3O3. The van der Waals surface area contributed by atoms with Crippen molar-refractivity contribution in [3.8, 4) is 5.75 Å².